The van der Waals surface area contributed by atoms with Crippen molar-refractivity contribution in [2.45, 2.75) is 47.1 Å². The van der Waals surface area contributed by atoms with Gasteiger partial charge >= 0.3 is 0 Å². The Kier molecular flexibility index (Phi) is 7.11. The highest BCUT2D eigenvalue weighted by atomic mass is 16.5. The zero-order valence-corrected chi connectivity index (χ0v) is 17.0. The number of anilines is 1. The average Bonchev–Trinajstić information content (AvgIpc) is 2.61. The smallest absolute Gasteiger partial charge is 0.297 e. The second kappa shape index (κ2) is 9.31. The molecule has 1 heterocycles. The molecule has 0 saturated heterocycles. The van der Waals surface area contributed by atoms with Crippen molar-refractivity contribution in [1.29, 1.82) is 0 Å². The molecule has 0 aliphatic rings. The van der Waals surface area contributed by atoms with Crippen molar-refractivity contribution in [1.82, 2.24) is 4.57 Å². The van der Waals surface area contributed by atoms with Crippen LogP contribution in [0.25, 0.3) is 10.9 Å². The predicted octanol–water partition coefficient (Wildman–Crippen LogP) is 4.68. The molecular formula is C22H30N2O3. The third-order valence-corrected chi connectivity index (χ3v) is 4.47. The van der Waals surface area contributed by atoms with E-state index in [1.807, 2.05) is 19.1 Å². The number of benzene rings is 1. The molecule has 0 aliphatic carbocycles. The Morgan fingerprint density at radius 3 is 2.56 bits per heavy atom. The Morgan fingerprint density at radius 1 is 1.19 bits per heavy atom. The molecule has 0 saturated carbocycles. The fraction of sp³-hybridized carbons (Fsp3) is 0.409. The first-order valence-corrected chi connectivity index (χ1v) is 9.30. The number of rotatable bonds is 8. The number of allylic oxidation sites excluding steroid dienone is 3. The lowest BCUT2D eigenvalue weighted by Crippen LogP contribution is -2.22. The molecule has 0 radical (unpaired) electrons. The van der Waals surface area contributed by atoms with Gasteiger partial charge in [-0.15, -0.1) is 0 Å². The zero-order valence-electron chi connectivity index (χ0n) is 17.0. The molecule has 2 N–H and O–H groups in total. The molecule has 146 valence electrons. The van der Waals surface area contributed by atoms with E-state index in [1.165, 1.54) is 18.3 Å². The molecule has 5 heteroatoms. The van der Waals surface area contributed by atoms with E-state index >= 15 is 0 Å². The van der Waals surface area contributed by atoms with Gasteiger partial charge in [-0.05, 0) is 64.8 Å². The maximum absolute atomic E-state index is 12.8. The summed E-state index contributed by atoms with van der Waals surface area (Å²) in [5.74, 6) is 0.695. The van der Waals surface area contributed by atoms with Crippen LogP contribution in [0, 0.1) is 0 Å². The summed E-state index contributed by atoms with van der Waals surface area (Å²) < 4.78 is 13.0. The minimum absolute atomic E-state index is 0.211. The van der Waals surface area contributed by atoms with Crippen molar-refractivity contribution in [3.8, 4) is 11.5 Å². The van der Waals surface area contributed by atoms with Crippen molar-refractivity contribution >= 4 is 16.6 Å². The fourth-order valence-electron chi connectivity index (χ4n) is 3.01. The zero-order chi connectivity index (χ0) is 20.0. The highest BCUT2D eigenvalue weighted by Gasteiger charge is 2.18. The van der Waals surface area contributed by atoms with Crippen LogP contribution < -0.4 is 20.8 Å². The fourth-order valence-corrected chi connectivity index (χ4v) is 3.01. The summed E-state index contributed by atoms with van der Waals surface area (Å²) in [4.78, 5) is 12.8. The summed E-state index contributed by atoms with van der Waals surface area (Å²) in [7, 11) is 1.49. The number of pyridine rings is 1. The highest BCUT2D eigenvalue weighted by molar-refractivity contribution is 5.90. The monoisotopic (exact) mass is 370 g/mol. The molecule has 0 unspecified atom stereocenters. The van der Waals surface area contributed by atoms with Gasteiger partial charge in [-0.1, -0.05) is 17.2 Å². The number of nitrogens with two attached hydrogens (primary N) is 1. The van der Waals surface area contributed by atoms with E-state index in [0.29, 0.717) is 24.6 Å². The van der Waals surface area contributed by atoms with Gasteiger partial charge in [-0.3, -0.25) is 4.79 Å². The quantitative estimate of drug-likeness (QED) is 0.541. The molecule has 0 spiro atoms. The molecule has 0 bridgehead atoms. The van der Waals surface area contributed by atoms with Gasteiger partial charge in [-0.25, -0.2) is 0 Å². The molecule has 2 rings (SSSR count). The molecule has 0 aliphatic heterocycles. The third-order valence-electron chi connectivity index (χ3n) is 4.47. The molecule has 1 aromatic carbocycles. The normalized spacial score (nSPS) is 11.5. The molecule has 0 atom stereocenters. The summed E-state index contributed by atoms with van der Waals surface area (Å²) in [5.41, 5.74) is 9.65. The Labute approximate surface area is 161 Å². The van der Waals surface area contributed by atoms with Crippen LogP contribution in [0.15, 0.2) is 46.3 Å². The topological polar surface area (TPSA) is 66.5 Å². The SMILES string of the molecule is CCn1c(=O)c(OC)c(OCC=C(C)CCC=C(C)C)c2ccc(N)cc21. The molecule has 27 heavy (non-hydrogen) atoms. The van der Waals surface area contributed by atoms with Gasteiger partial charge in [0.2, 0.25) is 5.75 Å². The number of aryl methyl sites for hydroxylation is 1. The van der Waals surface area contributed by atoms with Crippen molar-refractivity contribution in [3.05, 3.63) is 51.9 Å². The van der Waals surface area contributed by atoms with Crippen LogP contribution in [0.2, 0.25) is 0 Å². The minimum atomic E-state index is -0.211. The van der Waals surface area contributed by atoms with Crippen LogP contribution in [0.1, 0.15) is 40.5 Å². The summed E-state index contributed by atoms with van der Waals surface area (Å²) >= 11 is 0. The standard InChI is InChI=1S/C22H30N2O3/c1-6-24-19-14-17(23)10-11-18(19)20(21(26-5)22(24)25)27-13-12-16(4)9-7-8-15(2)3/h8,10-12,14H,6-7,9,13,23H2,1-5H3. The summed E-state index contributed by atoms with van der Waals surface area (Å²) in [6.45, 7) is 9.12. The number of aromatic nitrogens is 1. The minimum Gasteiger partial charge on any atom is -0.488 e. The molecule has 0 amide bonds. The average molecular weight is 370 g/mol. The van der Waals surface area contributed by atoms with Crippen LogP contribution >= 0.6 is 0 Å². The second-order valence-electron chi connectivity index (χ2n) is 6.87. The first-order valence-electron chi connectivity index (χ1n) is 9.30. The highest BCUT2D eigenvalue weighted by Crippen LogP contribution is 2.33. The van der Waals surface area contributed by atoms with E-state index in [2.05, 4.69) is 26.8 Å². The lowest BCUT2D eigenvalue weighted by Gasteiger charge is -2.16. The van der Waals surface area contributed by atoms with Crippen LogP contribution in [0.5, 0.6) is 11.5 Å². The number of fused-ring (bicyclic) bond motifs is 1. The first-order chi connectivity index (χ1) is 12.9. The Hall–Kier alpha value is -2.69. The number of hydrogen-bond acceptors (Lipinski definition) is 4. The number of nitrogen functional groups attached to an aromatic ring is 1. The van der Waals surface area contributed by atoms with Crippen molar-refractivity contribution in [3.63, 3.8) is 0 Å². The molecule has 0 fully saturated rings. The van der Waals surface area contributed by atoms with Gasteiger partial charge in [0.1, 0.15) is 6.61 Å². The maximum Gasteiger partial charge on any atom is 0.297 e. The Bertz CT molecular complexity index is 919. The number of methoxy groups -OCH3 is 1. The second-order valence-corrected chi connectivity index (χ2v) is 6.87. The molecular weight excluding hydrogens is 340 g/mol. The number of hydrogen-bond donors (Lipinski definition) is 1. The number of nitrogens with zero attached hydrogens (tertiary/aromatic N) is 1. The summed E-state index contributed by atoms with van der Waals surface area (Å²) in [6.07, 6.45) is 6.28. The van der Waals surface area contributed by atoms with Crippen LogP contribution in [0.3, 0.4) is 0 Å². The Balaban J connectivity index is 2.35. The summed E-state index contributed by atoms with van der Waals surface area (Å²) in [6, 6.07) is 5.48. The first kappa shape index (κ1) is 20.6. The van der Waals surface area contributed by atoms with Gasteiger partial charge in [-0.2, -0.15) is 0 Å². The van der Waals surface area contributed by atoms with Crippen LogP contribution in [-0.4, -0.2) is 18.3 Å². The van der Waals surface area contributed by atoms with Crippen molar-refractivity contribution in [2.75, 3.05) is 19.5 Å². The maximum atomic E-state index is 12.8. The van der Waals surface area contributed by atoms with E-state index in [0.717, 1.165) is 23.7 Å². The van der Waals surface area contributed by atoms with Crippen molar-refractivity contribution in [2.24, 2.45) is 0 Å². The third kappa shape index (κ3) is 4.94. The molecule has 1 aromatic heterocycles. The van der Waals surface area contributed by atoms with E-state index in [-0.39, 0.29) is 11.3 Å². The lowest BCUT2D eigenvalue weighted by atomic mass is 10.1. The molecule has 5 nitrogen and oxygen atoms in total. The number of ether oxygens (including phenoxy) is 2. The summed E-state index contributed by atoms with van der Waals surface area (Å²) in [5, 5.41) is 0.818. The van der Waals surface area contributed by atoms with Crippen molar-refractivity contribution < 1.29 is 9.47 Å². The van der Waals surface area contributed by atoms with Crippen LogP contribution in [0.4, 0.5) is 5.69 Å². The van der Waals surface area contributed by atoms with Crippen LogP contribution in [-0.2, 0) is 6.54 Å². The van der Waals surface area contributed by atoms with Gasteiger partial charge in [0.15, 0.2) is 5.75 Å². The predicted molar refractivity (Wildman–Crippen MR) is 113 cm³/mol. The van der Waals surface area contributed by atoms with E-state index in [4.69, 9.17) is 15.2 Å². The van der Waals surface area contributed by atoms with E-state index < -0.39 is 0 Å². The largest absolute Gasteiger partial charge is 0.488 e. The van der Waals surface area contributed by atoms with E-state index in [1.54, 1.807) is 16.7 Å². The Morgan fingerprint density at radius 2 is 1.93 bits per heavy atom. The van der Waals surface area contributed by atoms with Gasteiger partial charge in [0.05, 0.1) is 12.6 Å². The van der Waals surface area contributed by atoms with Gasteiger partial charge < -0.3 is 19.8 Å². The van der Waals surface area contributed by atoms with Gasteiger partial charge in [0, 0.05) is 17.6 Å². The lowest BCUT2D eigenvalue weighted by molar-refractivity contribution is 0.324. The molecule has 2 aromatic rings. The van der Waals surface area contributed by atoms with Gasteiger partial charge in [0.25, 0.3) is 5.56 Å². The van der Waals surface area contributed by atoms with E-state index in [9.17, 15) is 4.79 Å².